The molecule has 0 spiro atoms. The first kappa shape index (κ1) is 15.5. The zero-order valence-electron chi connectivity index (χ0n) is 11.9. The van der Waals surface area contributed by atoms with E-state index >= 15 is 0 Å². The molecular weight excluding hydrogens is 242 g/mol. The topological polar surface area (TPSA) is 12.0 Å². The van der Waals surface area contributed by atoms with Crippen molar-refractivity contribution in [2.45, 2.75) is 58.9 Å². The van der Waals surface area contributed by atoms with Crippen molar-refractivity contribution < 1.29 is 0 Å². The van der Waals surface area contributed by atoms with Gasteiger partial charge < -0.3 is 5.32 Å². The van der Waals surface area contributed by atoms with E-state index in [2.05, 4.69) is 38.2 Å². The summed E-state index contributed by atoms with van der Waals surface area (Å²) in [7, 11) is 0. The predicted octanol–water partition coefficient (Wildman–Crippen LogP) is 5.27. The first-order valence-electron chi connectivity index (χ1n) is 7.18. The third kappa shape index (κ3) is 4.99. The number of hydrogen-bond acceptors (Lipinski definition) is 1. The summed E-state index contributed by atoms with van der Waals surface area (Å²) in [5.41, 5.74) is 2.71. The van der Waals surface area contributed by atoms with Crippen LogP contribution in [0.25, 0.3) is 0 Å². The third-order valence-corrected chi connectivity index (χ3v) is 3.59. The molecule has 1 aromatic rings. The molecule has 0 radical (unpaired) electrons. The van der Waals surface area contributed by atoms with Crippen LogP contribution < -0.4 is 5.32 Å². The quantitative estimate of drug-likeness (QED) is 0.633. The van der Waals surface area contributed by atoms with Crippen molar-refractivity contribution in [3.8, 4) is 0 Å². The van der Waals surface area contributed by atoms with Gasteiger partial charge in [-0.05, 0) is 49.6 Å². The molecule has 0 fully saturated rings. The summed E-state index contributed by atoms with van der Waals surface area (Å²) in [5, 5.41) is 4.50. The van der Waals surface area contributed by atoms with Crippen molar-refractivity contribution in [3.63, 3.8) is 0 Å². The Morgan fingerprint density at radius 1 is 1.17 bits per heavy atom. The smallest absolute Gasteiger partial charge is 0.0409 e. The Morgan fingerprint density at radius 3 is 2.61 bits per heavy atom. The van der Waals surface area contributed by atoms with Crippen LogP contribution in [0.15, 0.2) is 18.2 Å². The summed E-state index contributed by atoms with van der Waals surface area (Å²) >= 11 is 6.13. The van der Waals surface area contributed by atoms with Crippen molar-refractivity contribution in [2.75, 3.05) is 6.54 Å². The van der Waals surface area contributed by atoms with E-state index in [1.807, 2.05) is 6.07 Å². The minimum absolute atomic E-state index is 0.454. The fourth-order valence-electron chi connectivity index (χ4n) is 2.27. The van der Waals surface area contributed by atoms with Crippen molar-refractivity contribution >= 4 is 11.6 Å². The van der Waals surface area contributed by atoms with E-state index in [0.717, 1.165) is 11.6 Å². The molecule has 1 rings (SSSR count). The van der Waals surface area contributed by atoms with Crippen LogP contribution in [0.3, 0.4) is 0 Å². The highest BCUT2D eigenvalue weighted by atomic mass is 35.5. The summed E-state index contributed by atoms with van der Waals surface area (Å²) in [6.07, 6.45) is 6.24. The molecule has 18 heavy (non-hydrogen) atoms. The predicted molar refractivity (Wildman–Crippen MR) is 81.4 cm³/mol. The van der Waals surface area contributed by atoms with Crippen LogP contribution in [-0.4, -0.2) is 6.54 Å². The summed E-state index contributed by atoms with van der Waals surface area (Å²) in [6.45, 7) is 7.70. The van der Waals surface area contributed by atoms with E-state index < -0.39 is 0 Å². The van der Waals surface area contributed by atoms with Gasteiger partial charge in [0.15, 0.2) is 0 Å². The van der Waals surface area contributed by atoms with Gasteiger partial charge in [0.25, 0.3) is 0 Å². The molecule has 0 aliphatic heterocycles. The maximum atomic E-state index is 6.13. The molecule has 0 aliphatic carbocycles. The lowest BCUT2D eigenvalue weighted by atomic mass is 9.96. The molecular formula is C16H26ClN. The Labute approximate surface area is 117 Å². The van der Waals surface area contributed by atoms with Gasteiger partial charge in [0.2, 0.25) is 0 Å². The molecule has 2 heteroatoms. The lowest BCUT2D eigenvalue weighted by Gasteiger charge is -2.21. The number of rotatable bonds is 8. The van der Waals surface area contributed by atoms with Crippen LogP contribution in [0.4, 0.5) is 0 Å². The molecule has 102 valence electrons. The molecule has 0 aromatic heterocycles. The zero-order chi connectivity index (χ0) is 13.4. The van der Waals surface area contributed by atoms with E-state index in [1.54, 1.807) is 0 Å². The summed E-state index contributed by atoms with van der Waals surface area (Å²) in [4.78, 5) is 0. The fraction of sp³-hybridized carbons (Fsp3) is 0.625. The lowest BCUT2D eigenvalue weighted by Crippen LogP contribution is -2.23. The van der Waals surface area contributed by atoms with Crippen LogP contribution in [0, 0.1) is 6.92 Å². The lowest BCUT2D eigenvalue weighted by molar-refractivity contribution is 0.473. The maximum Gasteiger partial charge on any atom is 0.0409 e. The van der Waals surface area contributed by atoms with Crippen molar-refractivity contribution in [2.24, 2.45) is 0 Å². The first-order valence-corrected chi connectivity index (χ1v) is 7.56. The number of aryl methyl sites for hydroxylation is 1. The van der Waals surface area contributed by atoms with Gasteiger partial charge in [-0.15, -0.1) is 0 Å². The Balaban J connectivity index is 2.75. The second-order valence-corrected chi connectivity index (χ2v) is 5.44. The number of hydrogen-bond donors (Lipinski definition) is 1. The van der Waals surface area contributed by atoms with Crippen molar-refractivity contribution in [3.05, 3.63) is 34.3 Å². The molecule has 0 amide bonds. The van der Waals surface area contributed by atoms with Gasteiger partial charge in [-0.25, -0.2) is 0 Å². The first-order chi connectivity index (χ1) is 8.69. The minimum atomic E-state index is 0.454. The van der Waals surface area contributed by atoms with Gasteiger partial charge in [0.1, 0.15) is 0 Å². The summed E-state index contributed by atoms with van der Waals surface area (Å²) in [5.74, 6) is 0. The van der Waals surface area contributed by atoms with E-state index in [1.165, 1.54) is 43.2 Å². The zero-order valence-corrected chi connectivity index (χ0v) is 12.7. The van der Waals surface area contributed by atoms with Crippen LogP contribution >= 0.6 is 11.6 Å². The molecule has 1 atom stereocenters. The number of benzene rings is 1. The Hall–Kier alpha value is -0.530. The van der Waals surface area contributed by atoms with E-state index in [9.17, 15) is 0 Å². The van der Waals surface area contributed by atoms with Crippen LogP contribution in [-0.2, 0) is 0 Å². The molecule has 1 nitrogen and oxygen atoms in total. The van der Waals surface area contributed by atoms with Gasteiger partial charge in [-0.1, -0.05) is 50.8 Å². The summed E-state index contributed by atoms with van der Waals surface area (Å²) in [6, 6.07) is 6.67. The van der Waals surface area contributed by atoms with Crippen molar-refractivity contribution in [1.82, 2.24) is 5.32 Å². The largest absolute Gasteiger partial charge is 0.310 e. The van der Waals surface area contributed by atoms with Crippen LogP contribution in [0.2, 0.25) is 5.02 Å². The van der Waals surface area contributed by atoms with Gasteiger partial charge in [0, 0.05) is 11.1 Å². The van der Waals surface area contributed by atoms with Gasteiger partial charge >= 0.3 is 0 Å². The Bertz CT molecular complexity index is 349. The van der Waals surface area contributed by atoms with E-state index in [0.29, 0.717) is 6.04 Å². The maximum absolute atomic E-state index is 6.13. The van der Waals surface area contributed by atoms with Crippen LogP contribution in [0.1, 0.15) is 63.1 Å². The standard InChI is InChI=1S/C16H26ClN/c1-4-6-7-8-16(18-11-5-2)15-12-14(17)10-9-13(15)3/h9-10,12,16,18H,4-8,11H2,1-3H3. The highest BCUT2D eigenvalue weighted by molar-refractivity contribution is 6.30. The molecule has 1 aromatic carbocycles. The fourth-order valence-corrected chi connectivity index (χ4v) is 2.45. The van der Waals surface area contributed by atoms with Gasteiger partial charge in [0.05, 0.1) is 0 Å². The molecule has 0 heterocycles. The van der Waals surface area contributed by atoms with Gasteiger partial charge in [-0.3, -0.25) is 0 Å². The van der Waals surface area contributed by atoms with Gasteiger partial charge in [-0.2, -0.15) is 0 Å². The van der Waals surface area contributed by atoms with E-state index in [4.69, 9.17) is 11.6 Å². The third-order valence-electron chi connectivity index (χ3n) is 3.35. The van der Waals surface area contributed by atoms with Crippen molar-refractivity contribution in [1.29, 1.82) is 0 Å². The average molecular weight is 268 g/mol. The minimum Gasteiger partial charge on any atom is -0.310 e. The van der Waals surface area contributed by atoms with Crippen LogP contribution in [0.5, 0.6) is 0 Å². The molecule has 1 unspecified atom stereocenters. The van der Waals surface area contributed by atoms with E-state index in [-0.39, 0.29) is 0 Å². The Kier molecular flexibility index (Phi) is 7.38. The second kappa shape index (κ2) is 8.55. The SMILES string of the molecule is CCCCCC(NCCC)c1cc(Cl)ccc1C. The highest BCUT2D eigenvalue weighted by Crippen LogP contribution is 2.26. The molecule has 0 saturated carbocycles. The molecule has 1 N–H and O–H groups in total. The normalized spacial score (nSPS) is 12.7. The second-order valence-electron chi connectivity index (χ2n) is 5.00. The average Bonchev–Trinajstić information content (AvgIpc) is 2.37. The Morgan fingerprint density at radius 2 is 1.94 bits per heavy atom. The number of halogens is 1. The number of nitrogens with one attached hydrogen (secondary N) is 1. The summed E-state index contributed by atoms with van der Waals surface area (Å²) < 4.78 is 0. The molecule has 0 bridgehead atoms. The number of unbranched alkanes of at least 4 members (excludes halogenated alkanes) is 2. The highest BCUT2D eigenvalue weighted by Gasteiger charge is 2.13. The molecule has 0 saturated heterocycles. The monoisotopic (exact) mass is 267 g/mol. The molecule has 0 aliphatic rings.